The Balaban J connectivity index is 1.56. The van der Waals surface area contributed by atoms with Gasteiger partial charge in [-0.25, -0.2) is 0 Å². The van der Waals surface area contributed by atoms with Crippen molar-refractivity contribution in [2.24, 2.45) is 17.8 Å². The first-order valence-electron chi connectivity index (χ1n) is 5.98. The Labute approximate surface area is 86.7 Å². The summed E-state index contributed by atoms with van der Waals surface area (Å²) in [5.74, 6) is 3.05. The first-order valence-corrected chi connectivity index (χ1v) is 5.98. The van der Waals surface area contributed by atoms with E-state index in [0.29, 0.717) is 6.42 Å². The highest BCUT2D eigenvalue weighted by Gasteiger charge is 2.38. The van der Waals surface area contributed by atoms with Crippen molar-refractivity contribution in [1.29, 1.82) is 5.26 Å². The van der Waals surface area contributed by atoms with Crippen LogP contribution in [0.2, 0.25) is 0 Å². The fourth-order valence-corrected chi connectivity index (χ4v) is 3.21. The van der Waals surface area contributed by atoms with Gasteiger partial charge >= 0.3 is 0 Å². The Kier molecular flexibility index (Phi) is 3.42. The van der Waals surface area contributed by atoms with E-state index in [1.54, 1.807) is 0 Å². The third-order valence-corrected chi connectivity index (χ3v) is 3.93. The molecule has 0 spiro atoms. The van der Waals surface area contributed by atoms with Crippen LogP contribution in [0.15, 0.2) is 0 Å². The molecule has 0 aromatic heterocycles. The van der Waals surface area contributed by atoms with Gasteiger partial charge in [0.05, 0.1) is 6.07 Å². The van der Waals surface area contributed by atoms with Gasteiger partial charge in [0.25, 0.3) is 0 Å². The highest BCUT2D eigenvalue weighted by Crippen LogP contribution is 2.47. The molecule has 0 heterocycles. The predicted molar refractivity (Wildman–Crippen MR) is 56.7 cm³/mol. The number of fused-ring (bicyclic) bond motifs is 2. The smallest absolute Gasteiger partial charge is 0.0622 e. The van der Waals surface area contributed by atoms with E-state index in [-0.39, 0.29) is 0 Å². The van der Waals surface area contributed by atoms with Crippen molar-refractivity contribution in [3.8, 4) is 6.07 Å². The van der Waals surface area contributed by atoms with Crippen LogP contribution in [0.5, 0.6) is 0 Å². The van der Waals surface area contributed by atoms with Gasteiger partial charge in [0.15, 0.2) is 0 Å². The van der Waals surface area contributed by atoms with Gasteiger partial charge in [-0.2, -0.15) is 5.26 Å². The number of rotatable bonds is 5. The van der Waals surface area contributed by atoms with Gasteiger partial charge in [-0.1, -0.05) is 6.42 Å². The fraction of sp³-hybridized carbons (Fsp3) is 0.917. The normalized spacial score (nSPS) is 34.6. The average Bonchev–Trinajstić information content (AvgIpc) is 2.79. The molecule has 14 heavy (non-hydrogen) atoms. The SMILES string of the molecule is N#CCCCNCC1CC2CCC1C2. The van der Waals surface area contributed by atoms with E-state index in [0.717, 1.165) is 30.7 Å². The number of unbranched alkanes of at least 4 members (excludes halogenated alkanes) is 1. The van der Waals surface area contributed by atoms with E-state index in [4.69, 9.17) is 5.26 Å². The van der Waals surface area contributed by atoms with Crippen LogP contribution in [0.1, 0.15) is 38.5 Å². The van der Waals surface area contributed by atoms with Crippen LogP contribution in [-0.4, -0.2) is 13.1 Å². The van der Waals surface area contributed by atoms with E-state index >= 15 is 0 Å². The molecule has 0 aromatic rings. The molecule has 2 fully saturated rings. The first-order chi connectivity index (χ1) is 6.90. The van der Waals surface area contributed by atoms with Gasteiger partial charge in [-0.3, -0.25) is 0 Å². The summed E-state index contributed by atoms with van der Waals surface area (Å²) < 4.78 is 0. The Hall–Kier alpha value is -0.550. The van der Waals surface area contributed by atoms with E-state index < -0.39 is 0 Å². The van der Waals surface area contributed by atoms with E-state index in [9.17, 15) is 0 Å². The van der Waals surface area contributed by atoms with Crippen molar-refractivity contribution in [2.45, 2.75) is 38.5 Å². The standard InChI is InChI=1S/C12H20N2/c13-5-1-2-6-14-9-12-8-10-3-4-11(12)7-10/h10-12,14H,1-4,6-9H2. The predicted octanol–water partition coefficient (Wildman–Crippen LogP) is 2.32. The van der Waals surface area contributed by atoms with Crippen LogP contribution in [0.3, 0.4) is 0 Å². The lowest BCUT2D eigenvalue weighted by atomic mass is 9.89. The number of hydrogen-bond acceptors (Lipinski definition) is 2. The van der Waals surface area contributed by atoms with Crippen molar-refractivity contribution < 1.29 is 0 Å². The molecular weight excluding hydrogens is 172 g/mol. The summed E-state index contributed by atoms with van der Waals surface area (Å²) >= 11 is 0. The molecule has 2 heteroatoms. The third kappa shape index (κ3) is 2.27. The van der Waals surface area contributed by atoms with E-state index in [1.165, 1.54) is 32.2 Å². The molecule has 0 saturated heterocycles. The molecule has 0 aromatic carbocycles. The van der Waals surface area contributed by atoms with E-state index in [1.807, 2.05) is 0 Å². The quantitative estimate of drug-likeness (QED) is 0.678. The fourth-order valence-electron chi connectivity index (χ4n) is 3.21. The Morgan fingerprint density at radius 2 is 2.21 bits per heavy atom. The molecular formula is C12H20N2. The Bertz CT molecular complexity index is 219. The van der Waals surface area contributed by atoms with Gasteiger partial charge in [0, 0.05) is 6.42 Å². The summed E-state index contributed by atoms with van der Waals surface area (Å²) in [5, 5.41) is 11.9. The molecule has 2 rings (SSSR count). The molecule has 2 aliphatic carbocycles. The van der Waals surface area contributed by atoms with Crippen LogP contribution in [-0.2, 0) is 0 Å². The maximum atomic E-state index is 8.39. The first kappa shape index (κ1) is 9.98. The molecule has 78 valence electrons. The van der Waals surface area contributed by atoms with Crippen molar-refractivity contribution >= 4 is 0 Å². The van der Waals surface area contributed by atoms with Crippen molar-refractivity contribution in [2.75, 3.05) is 13.1 Å². The second-order valence-corrected chi connectivity index (χ2v) is 4.90. The van der Waals surface area contributed by atoms with Crippen LogP contribution in [0.4, 0.5) is 0 Å². The Morgan fingerprint density at radius 3 is 2.86 bits per heavy atom. The van der Waals surface area contributed by atoms with Gasteiger partial charge in [-0.05, 0) is 56.5 Å². The number of nitriles is 1. The second kappa shape index (κ2) is 4.79. The summed E-state index contributed by atoms with van der Waals surface area (Å²) in [5.41, 5.74) is 0. The zero-order valence-electron chi connectivity index (χ0n) is 8.84. The van der Waals surface area contributed by atoms with Crippen LogP contribution in [0, 0.1) is 29.1 Å². The maximum Gasteiger partial charge on any atom is 0.0622 e. The topological polar surface area (TPSA) is 35.8 Å². The summed E-state index contributed by atoms with van der Waals surface area (Å²) in [6, 6.07) is 2.18. The molecule has 2 nitrogen and oxygen atoms in total. The van der Waals surface area contributed by atoms with Gasteiger partial charge in [0.1, 0.15) is 0 Å². The molecule has 2 saturated carbocycles. The summed E-state index contributed by atoms with van der Waals surface area (Å²) in [6.45, 7) is 2.23. The Morgan fingerprint density at radius 1 is 1.29 bits per heavy atom. The molecule has 0 amide bonds. The minimum absolute atomic E-state index is 0.698. The van der Waals surface area contributed by atoms with Crippen molar-refractivity contribution in [3.63, 3.8) is 0 Å². The monoisotopic (exact) mass is 192 g/mol. The van der Waals surface area contributed by atoms with Gasteiger partial charge in [-0.15, -0.1) is 0 Å². The molecule has 0 radical (unpaired) electrons. The van der Waals surface area contributed by atoms with Gasteiger partial charge < -0.3 is 5.32 Å². The zero-order chi connectivity index (χ0) is 9.80. The number of hydrogen-bond donors (Lipinski definition) is 1. The van der Waals surface area contributed by atoms with Gasteiger partial charge in [0.2, 0.25) is 0 Å². The molecule has 2 aliphatic rings. The van der Waals surface area contributed by atoms with Crippen LogP contribution < -0.4 is 5.32 Å². The molecule has 2 bridgehead atoms. The lowest BCUT2D eigenvalue weighted by Gasteiger charge is -2.21. The highest BCUT2D eigenvalue weighted by molar-refractivity contribution is 4.90. The highest BCUT2D eigenvalue weighted by atomic mass is 14.9. The zero-order valence-corrected chi connectivity index (χ0v) is 8.84. The van der Waals surface area contributed by atoms with Crippen molar-refractivity contribution in [3.05, 3.63) is 0 Å². The summed E-state index contributed by atoms with van der Waals surface area (Å²) in [4.78, 5) is 0. The number of nitrogens with one attached hydrogen (secondary N) is 1. The molecule has 1 N–H and O–H groups in total. The maximum absolute atomic E-state index is 8.39. The van der Waals surface area contributed by atoms with Crippen LogP contribution >= 0.6 is 0 Å². The summed E-state index contributed by atoms with van der Waals surface area (Å²) in [6.07, 6.45) is 7.66. The minimum atomic E-state index is 0.698. The largest absolute Gasteiger partial charge is 0.316 e. The minimum Gasteiger partial charge on any atom is -0.316 e. The summed E-state index contributed by atoms with van der Waals surface area (Å²) in [7, 11) is 0. The molecule has 0 aliphatic heterocycles. The van der Waals surface area contributed by atoms with E-state index in [2.05, 4.69) is 11.4 Å². The average molecular weight is 192 g/mol. The molecule has 3 atom stereocenters. The lowest BCUT2D eigenvalue weighted by Crippen LogP contribution is -2.27. The second-order valence-electron chi connectivity index (χ2n) is 4.90. The third-order valence-electron chi connectivity index (χ3n) is 3.93. The van der Waals surface area contributed by atoms with Crippen LogP contribution in [0.25, 0.3) is 0 Å². The van der Waals surface area contributed by atoms with Crippen molar-refractivity contribution in [1.82, 2.24) is 5.32 Å². The molecule has 3 unspecified atom stereocenters. The lowest BCUT2D eigenvalue weighted by molar-refractivity contribution is 0.319. The number of nitrogens with zero attached hydrogens (tertiary/aromatic N) is 1.